The average Bonchev–Trinajstić information content (AvgIpc) is 2.32. The van der Waals surface area contributed by atoms with Crippen LogP contribution in [0.5, 0.6) is 0 Å². The molecular formula is C11H21N5O5S. The largest absolute Gasteiger partial charge is 0.870 e. The lowest BCUT2D eigenvalue weighted by Gasteiger charge is -2.24. The summed E-state index contributed by atoms with van der Waals surface area (Å²) in [6.45, 7) is 1.68. The van der Waals surface area contributed by atoms with Crippen molar-refractivity contribution in [3.8, 4) is 0 Å². The van der Waals surface area contributed by atoms with Crippen LogP contribution in [0.15, 0.2) is 6.07 Å². The Labute approximate surface area is 128 Å². The Morgan fingerprint density at radius 2 is 1.73 bits per heavy atom. The molecule has 10 nitrogen and oxygen atoms in total. The van der Waals surface area contributed by atoms with E-state index in [0.717, 1.165) is 25.9 Å². The van der Waals surface area contributed by atoms with Crippen LogP contribution in [0.2, 0.25) is 0 Å². The third-order valence-corrected chi connectivity index (χ3v) is 3.63. The zero-order chi connectivity index (χ0) is 15.5. The van der Waals surface area contributed by atoms with Crippen molar-refractivity contribution in [1.29, 1.82) is 0 Å². The summed E-state index contributed by atoms with van der Waals surface area (Å²) in [7, 11) is -4.72. The highest BCUT2D eigenvalue weighted by molar-refractivity contribution is 7.80. The first-order valence-corrected chi connectivity index (χ1v) is 8.14. The normalized spacial score (nSPS) is 16.3. The average molecular weight is 335 g/mol. The highest BCUT2D eigenvalue weighted by Gasteiger charge is 2.22. The Bertz CT molecular complexity index is 578. The minimum absolute atomic E-state index is 0. The van der Waals surface area contributed by atoms with Crippen LogP contribution in [0.25, 0.3) is 0 Å². The van der Waals surface area contributed by atoms with Gasteiger partial charge in [-0.3, -0.25) is 4.55 Å². The molecule has 1 saturated heterocycles. The summed E-state index contributed by atoms with van der Waals surface area (Å²) in [5, 5.41) is 0. The van der Waals surface area contributed by atoms with Gasteiger partial charge in [-0.1, -0.05) is 24.2 Å². The highest BCUT2D eigenvalue weighted by atomic mass is 32.3. The van der Waals surface area contributed by atoms with Crippen LogP contribution < -0.4 is 25.4 Å². The first-order chi connectivity index (χ1) is 9.87. The number of nitrogens with zero attached hydrogens (tertiary/aromatic N) is 3. The molecule has 126 valence electrons. The molecule has 0 atom stereocenters. The Morgan fingerprint density at radius 1 is 1.18 bits per heavy atom. The molecule has 6 N–H and O–H groups in total. The van der Waals surface area contributed by atoms with E-state index in [0.29, 0.717) is 10.5 Å². The van der Waals surface area contributed by atoms with Crippen molar-refractivity contribution in [2.24, 2.45) is 0 Å². The van der Waals surface area contributed by atoms with Crippen molar-refractivity contribution in [3.05, 3.63) is 6.07 Å². The smallest absolute Gasteiger partial charge is 0.474 e. The summed E-state index contributed by atoms with van der Waals surface area (Å²) in [6.07, 6.45) is 5.68. The fourth-order valence-corrected chi connectivity index (χ4v) is 2.68. The van der Waals surface area contributed by atoms with Crippen LogP contribution in [0.1, 0.15) is 32.1 Å². The summed E-state index contributed by atoms with van der Waals surface area (Å²) in [6, 6.07) is 1.48. The number of rotatable bonds is 3. The fraction of sp³-hybridized carbons (Fsp3) is 0.636. The number of aromatic nitrogens is 2. The summed E-state index contributed by atoms with van der Waals surface area (Å²) in [5.41, 5.74) is 11.4. The number of anilines is 3. The highest BCUT2D eigenvalue weighted by Crippen LogP contribution is 2.18. The van der Waals surface area contributed by atoms with Crippen LogP contribution in [-0.4, -0.2) is 36.5 Å². The van der Waals surface area contributed by atoms with Gasteiger partial charge in [-0.05, 0) is 17.6 Å². The Balaban J connectivity index is 0.00000242. The molecule has 1 aromatic heterocycles. The molecule has 2 rings (SSSR count). The van der Waals surface area contributed by atoms with E-state index >= 15 is 0 Å². The molecule has 11 heteroatoms. The molecule has 0 amide bonds. The summed E-state index contributed by atoms with van der Waals surface area (Å²) >= 11 is 0. The maximum Gasteiger partial charge on any atom is 0.474 e. The van der Waals surface area contributed by atoms with Crippen LogP contribution >= 0.6 is 0 Å². The van der Waals surface area contributed by atoms with Crippen molar-refractivity contribution < 1.29 is 27.5 Å². The van der Waals surface area contributed by atoms with Gasteiger partial charge in [-0.25, -0.2) is 4.28 Å². The van der Waals surface area contributed by atoms with Gasteiger partial charge in [-0.2, -0.15) is 8.42 Å². The molecule has 22 heavy (non-hydrogen) atoms. The van der Waals surface area contributed by atoms with E-state index in [4.69, 9.17) is 16.0 Å². The lowest BCUT2D eigenvalue weighted by molar-refractivity contribution is -0.835. The molecule has 0 spiro atoms. The summed E-state index contributed by atoms with van der Waals surface area (Å²) in [4.78, 5) is 6.16. The molecule has 0 bridgehead atoms. The number of nitrogens with two attached hydrogens (primary N) is 2. The first-order valence-electron chi connectivity index (χ1n) is 6.77. The Kier molecular flexibility index (Phi) is 6.14. The fourth-order valence-electron chi connectivity index (χ4n) is 2.33. The SMILES string of the molecule is Nc1cc(N2CCCCCCC2)nc(N)[n+]1OS(=O)(=O)O.[OH-]. The molecule has 0 unspecified atom stereocenters. The maximum absolute atomic E-state index is 10.7. The van der Waals surface area contributed by atoms with Gasteiger partial charge in [0.2, 0.25) is 5.82 Å². The second-order valence-corrected chi connectivity index (χ2v) is 5.95. The minimum atomic E-state index is -4.72. The molecular weight excluding hydrogens is 314 g/mol. The second kappa shape index (κ2) is 7.42. The monoisotopic (exact) mass is 335 g/mol. The van der Waals surface area contributed by atoms with Crippen molar-refractivity contribution in [1.82, 2.24) is 4.98 Å². The third kappa shape index (κ3) is 4.86. The lowest BCUT2D eigenvalue weighted by Crippen LogP contribution is -2.50. The molecule has 1 aliphatic rings. The van der Waals surface area contributed by atoms with E-state index in [1.165, 1.54) is 25.3 Å². The predicted octanol–water partition coefficient (Wildman–Crippen LogP) is -0.641. The third-order valence-electron chi connectivity index (χ3n) is 3.30. The van der Waals surface area contributed by atoms with Gasteiger partial charge in [0.25, 0.3) is 0 Å². The molecule has 0 saturated carbocycles. The van der Waals surface area contributed by atoms with Gasteiger partial charge >= 0.3 is 16.3 Å². The zero-order valence-electron chi connectivity index (χ0n) is 12.1. The topological polar surface area (TPSA) is 166 Å². The summed E-state index contributed by atoms with van der Waals surface area (Å²) in [5.74, 6) is 0.268. The Hall–Kier alpha value is -1.85. The van der Waals surface area contributed by atoms with E-state index in [1.807, 2.05) is 0 Å². The van der Waals surface area contributed by atoms with Gasteiger partial charge in [0.05, 0.1) is 6.07 Å². The number of hydrogen-bond acceptors (Lipinski definition) is 8. The lowest BCUT2D eigenvalue weighted by atomic mass is 10.1. The molecule has 0 radical (unpaired) electrons. The Morgan fingerprint density at radius 3 is 2.23 bits per heavy atom. The van der Waals surface area contributed by atoms with Crippen molar-refractivity contribution in [2.75, 3.05) is 29.5 Å². The van der Waals surface area contributed by atoms with E-state index < -0.39 is 10.4 Å². The van der Waals surface area contributed by atoms with Gasteiger partial charge in [0.15, 0.2) is 5.82 Å². The number of nitrogen functional groups attached to an aromatic ring is 2. The first kappa shape index (κ1) is 18.2. The molecule has 2 heterocycles. The van der Waals surface area contributed by atoms with Gasteiger partial charge < -0.3 is 21.8 Å². The van der Waals surface area contributed by atoms with E-state index in [1.54, 1.807) is 0 Å². The molecule has 0 aliphatic carbocycles. The van der Waals surface area contributed by atoms with Crippen LogP contribution in [0.3, 0.4) is 0 Å². The standard InChI is InChI=1S/C11H19N5O4S.H2O/c12-9-8-10(15-6-4-2-1-3-5-7-15)14-11(13)16(9)20-21(17,18)19;/h8H,1-7H2,(H4,12,13,14,17,18,19);1H2. The molecule has 0 aromatic carbocycles. The molecule has 1 aromatic rings. The summed E-state index contributed by atoms with van der Waals surface area (Å²) < 4.78 is 35.0. The second-order valence-electron chi connectivity index (χ2n) is 4.95. The number of hydrogen-bond donors (Lipinski definition) is 3. The van der Waals surface area contributed by atoms with Crippen molar-refractivity contribution in [2.45, 2.75) is 32.1 Å². The van der Waals surface area contributed by atoms with Gasteiger partial charge in [-0.15, -0.1) is 0 Å². The van der Waals surface area contributed by atoms with Gasteiger partial charge in [0.1, 0.15) is 0 Å². The maximum atomic E-state index is 10.7. The van der Waals surface area contributed by atoms with Crippen LogP contribution in [0.4, 0.5) is 17.6 Å². The predicted molar refractivity (Wildman–Crippen MR) is 78.6 cm³/mol. The van der Waals surface area contributed by atoms with E-state index in [2.05, 4.69) is 14.2 Å². The van der Waals surface area contributed by atoms with Crippen molar-refractivity contribution in [3.63, 3.8) is 0 Å². The van der Waals surface area contributed by atoms with Gasteiger partial charge in [0, 0.05) is 13.1 Å². The zero-order valence-corrected chi connectivity index (χ0v) is 12.9. The van der Waals surface area contributed by atoms with E-state index in [9.17, 15) is 8.42 Å². The van der Waals surface area contributed by atoms with E-state index in [-0.39, 0.29) is 17.2 Å². The van der Waals surface area contributed by atoms with Crippen LogP contribution in [0, 0.1) is 0 Å². The van der Waals surface area contributed by atoms with Crippen LogP contribution in [-0.2, 0) is 10.4 Å². The minimum Gasteiger partial charge on any atom is -0.870 e. The quantitative estimate of drug-likeness (QED) is 0.481. The van der Waals surface area contributed by atoms with Crippen molar-refractivity contribution >= 4 is 28.0 Å². The molecule has 1 aliphatic heterocycles. The molecule has 1 fully saturated rings.